The summed E-state index contributed by atoms with van der Waals surface area (Å²) in [6.45, 7) is 4.52. The third kappa shape index (κ3) is 3.27. The number of rotatable bonds is 6. The number of nitrogens with zero attached hydrogens (tertiary/aromatic N) is 2. The molecular weight excluding hydrogens is 353 g/mol. The molecule has 1 heterocycles. The Kier molecular flexibility index (Phi) is 5.43. The van der Waals surface area contributed by atoms with Crippen LogP contribution in [0.4, 0.5) is 15.8 Å². The predicted molar refractivity (Wildman–Crippen MR) is 107 cm³/mol. The van der Waals surface area contributed by atoms with Crippen molar-refractivity contribution < 1.29 is 13.5 Å². The molecule has 26 heavy (non-hydrogen) atoms. The first-order chi connectivity index (χ1) is 12.4. The summed E-state index contributed by atoms with van der Waals surface area (Å²) in [6.07, 6.45) is 0.607. The maximum atomic E-state index is 13.9. The van der Waals surface area contributed by atoms with Crippen LogP contribution in [0.15, 0.2) is 48.5 Å². The van der Waals surface area contributed by atoms with Gasteiger partial charge in [0, 0.05) is 6.04 Å². The van der Waals surface area contributed by atoms with Crippen molar-refractivity contribution in [2.45, 2.75) is 32.4 Å². The number of anilines is 2. The maximum Gasteiger partial charge on any atom is 0.123 e. The van der Waals surface area contributed by atoms with Gasteiger partial charge in [-0.05, 0) is 74.7 Å². The minimum Gasteiger partial charge on any atom is -0.320 e. The molecule has 0 fully saturated rings. The molecule has 0 aliphatic carbocycles. The van der Waals surface area contributed by atoms with E-state index in [4.69, 9.17) is 0 Å². The van der Waals surface area contributed by atoms with Crippen LogP contribution in [0.25, 0.3) is 0 Å². The molecule has 2 aromatic rings. The van der Waals surface area contributed by atoms with Gasteiger partial charge in [-0.2, -0.15) is 0 Å². The summed E-state index contributed by atoms with van der Waals surface area (Å²) in [5, 5.41) is 3.10. The summed E-state index contributed by atoms with van der Waals surface area (Å²) in [6, 6.07) is 13.4. The lowest BCUT2D eigenvalue weighted by atomic mass is 10.0. The molecule has 0 bridgehead atoms. The number of nitrogens with one attached hydrogen (secondary N) is 1. The lowest BCUT2D eigenvalue weighted by Crippen LogP contribution is -2.40. The topological polar surface area (TPSA) is 59.0 Å². The molecule has 3 rings (SSSR count). The van der Waals surface area contributed by atoms with Gasteiger partial charge in [0.1, 0.15) is 5.82 Å². The average molecular weight is 380 g/mol. The fourth-order valence-corrected chi connectivity index (χ4v) is 5.67. The van der Waals surface area contributed by atoms with Crippen molar-refractivity contribution in [2.24, 2.45) is 0 Å². The van der Waals surface area contributed by atoms with Crippen LogP contribution >= 0.6 is 11.0 Å². The molecule has 1 atom stereocenters. The van der Waals surface area contributed by atoms with Gasteiger partial charge in [-0.25, -0.2) is 13.0 Å². The molecule has 0 amide bonds. The monoisotopic (exact) mass is 379 g/mol. The highest BCUT2D eigenvalue weighted by Crippen LogP contribution is 2.65. The minimum absolute atomic E-state index is 0.0939. The average Bonchev–Trinajstić information content (AvgIpc) is 2.82. The van der Waals surface area contributed by atoms with Gasteiger partial charge in [-0.15, -0.1) is 0 Å². The molecule has 3 N–H and O–H groups in total. The predicted octanol–water partition coefficient (Wildman–Crippen LogP) is 4.79. The van der Waals surface area contributed by atoms with Gasteiger partial charge in [-0.1, -0.05) is 24.3 Å². The quantitative estimate of drug-likeness (QED) is 0.674. The van der Waals surface area contributed by atoms with E-state index in [-0.39, 0.29) is 17.9 Å². The zero-order valence-electron chi connectivity index (χ0n) is 15.3. The molecule has 1 unspecified atom stereocenters. The summed E-state index contributed by atoms with van der Waals surface area (Å²) in [7, 11) is -1.41. The standard InChI is InChI=1S/C19H26FN3O2S/c1-14(2)22-18-9-4-5-10-19(18)23(26(22,24)25)17(11-12-21-3)15-7-6-8-16(20)13-15/h4-10,13-14,17,21,24-25H,11-12H2,1-3H3. The zero-order valence-corrected chi connectivity index (χ0v) is 16.1. The van der Waals surface area contributed by atoms with Gasteiger partial charge in [0.05, 0.1) is 17.4 Å². The highest BCUT2D eigenvalue weighted by atomic mass is 32.3. The van der Waals surface area contributed by atoms with Crippen molar-refractivity contribution >= 4 is 22.3 Å². The molecule has 2 aromatic carbocycles. The molecule has 0 radical (unpaired) electrons. The molecule has 1 aliphatic rings. The maximum absolute atomic E-state index is 13.9. The third-order valence-electron chi connectivity index (χ3n) is 4.54. The Labute approximate surface area is 156 Å². The van der Waals surface area contributed by atoms with Gasteiger partial charge in [0.25, 0.3) is 0 Å². The van der Waals surface area contributed by atoms with E-state index in [0.717, 1.165) is 16.9 Å². The largest absolute Gasteiger partial charge is 0.320 e. The van der Waals surface area contributed by atoms with E-state index in [9.17, 15) is 13.5 Å². The Morgan fingerprint density at radius 2 is 1.69 bits per heavy atom. The first-order valence-electron chi connectivity index (χ1n) is 8.74. The van der Waals surface area contributed by atoms with Crippen molar-refractivity contribution in [1.29, 1.82) is 0 Å². The minimum atomic E-state index is -3.26. The molecule has 142 valence electrons. The van der Waals surface area contributed by atoms with E-state index < -0.39 is 11.0 Å². The van der Waals surface area contributed by atoms with E-state index >= 15 is 0 Å². The highest BCUT2D eigenvalue weighted by molar-refractivity contribution is 8.27. The van der Waals surface area contributed by atoms with Crippen molar-refractivity contribution in [2.75, 3.05) is 22.2 Å². The Hall–Kier alpha value is -1.80. The van der Waals surface area contributed by atoms with Crippen molar-refractivity contribution in [3.8, 4) is 0 Å². The number of para-hydroxylation sites is 2. The summed E-state index contributed by atoms with van der Waals surface area (Å²) in [5.74, 6) is -0.332. The van der Waals surface area contributed by atoms with E-state index in [0.29, 0.717) is 13.0 Å². The van der Waals surface area contributed by atoms with E-state index in [1.807, 2.05) is 51.2 Å². The Balaban J connectivity index is 2.13. The second-order valence-electron chi connectivity index (χ2n) is 6.69. The van der Waals surface area contributed by atoms with Gasteiger partial charge >= 0.3 is 0 Å². The van der Waals surface area contributed by atoms with Crippen LogP contribution in [-0.2, 0) is 0 Å². The lowest BCUT2D eigenvalue weighted by Gasteiger charge is -2.48. The van der Waals surface area contributed by atoms with Gasteiger partial charge in [0.15, 0.2) is 0 Å². The van der Waals surface area contributed by atoms with E-state index in [1.165, 1.54) is 12.1 Å². The Morgan fingerprint density at radius 1 is 1.04 bits per heavy atom. The summed E-state index contributed by atoms with van der Waals surface area (Å²) < 4.78 is 39.6. The third-order valence-corrected chi connectivity index (χ3v) is 6.66. The number of benzene rings is 2. The van der Waals surface area contributed by atoms with Crippen LogP contribution in [0.5, 0.6) is 0 Å². The zero-order chi connectivity index (χ0) is 18.9. The van der Waals surface area contributed by atoms with Crippen LogP contribution in [0.3, 0.4) is 0 Å². The second kappa shape index (κ2) is 7.44. The van der Waals surface area contributed by atoms with Crippen LogP contribution < -0.4 is 13.9 Å². The van der Waals surface area contributed by atoms with Gasteiger partial charge < -0.3 is 5.32 Å². The fourth-order valence-electron chi connectivity index (χ4n) is 3.51. The van der Waals surface area contributed by atoms with Crippen molar-refractivity contribution in [3.05, 3.63) is 59.9 Å². The van der Waals surface area contributed by atoms with Crippen molar-refractivity contribution in [1.82, 2.24) is 5.32 Å². The number of fused-ring (bicyclic) bond motifs is 1. The molecule has 1 aliphatic heterocycles. The van der Waals surface area contributed by atoms with Crippen molar-refractivity contribution in [3.63, 3.8) is 0 Å². The molecular formula is C19H26FN3O2S. The highest BCUT2D eigenvalue weighted by Gasteiger charge is 2.45. The Bertz CT molecular complexity index is 772. The SMILES string of the molecule is CNCCC(c1cccc(F)c1)N1c2ccccc2N(C(C)C)S1(O)O. The second-order valence-corrected chi connectivity index (χ2v) is 8.45. The molecule has 0 aromatic heterocycles. The molecule has 0 saturated carbocycles. The number of halogens is 1. The smallest absolute Gasteiger partial charge is 0.123 e. The fraction of sp³-hybridized carbons (Fsp3) is 0.368. The van der Waals surface area contributed by atoms with E-state index in [1.54, 1.807) is 14.7 Å². The van der Waals surface area contributed by atoms with E-state index in [2.05, 4.69) is 5.32 Å². The van der Waals surface area contributed by atoms with Crippen LogP contribution in [0, 0.1) is 5.82 Å². The lowest BCUT2D eigenvalue weighted by molar-refractivity contribution is 0.461. The first-order valence-corrected chi connectivity index (χ1v) is 10.2. The number of hydrogen-bond acceptors (Lipinski definition) is 5. The molecule has 0 saturated heterocycles. The summed E-state index contributed by atoms with van der Waals surface area (Å²) >= 11 is 0. The van der Waals surface area contributed by atoms with Crippen LogP contribution in [0.2, 0.25) is 0 Å². The molecule has 5 nitrogen and oxygen atoms in total. The first kappa shape index (κ1) is 19.0. The number of hydrogen-bond donors (Lipinski definition) is 3. The molecule has 0 spiro atoms. The van der Waals surface area contributed by atoms with Gasteiger partial charge in [0.2, 0.25) is 0 Å². The van der Waals surface area contributed by atoms with Gasteiger partial charge in [-0.3, -0.25) is 9.11 Å². The Morgan fingerprint density at radius 3 is 2.27 bits per heavy atom. The summed E-state index contributed by atoms with van der Waals surface area (Å²) in [5.41, 5.74) is 2.26. The van der Waals surface area contributed by atoms with Crippen LogP contribution in [0.1, 0.15) is 31.9 Å². The summed E-state index contributed by atoms with van der Waals surface area (Å²) in [4.78, 5) is 0. The molecule has 7 heteroatoms. The van der Waals surface area contributed by atoms with Crippen LogP contribution in [-0.4, -0.2) is 28.7 Å². The normalized spacial score (nSPS) is 18.1.